The third kappa shape index (κ3) is 3.77. The Morgan fingerprint density at radius 1 is 1.00 bits per heavy atom. The number of fused-ring (bicyclic) bond motifs is 1. The van der Waals surface area contributed by atoms with Crippen molar-refractivity contribution in [2.24, 2.45) is 5.92 Å². The highest BCUT2D eigenvalue weighted by molar-refractivity contribution is 5.83. The molecule has 1 heterocycles. The fourth-order valence-corrected chi connectivity index (χ4v) is 4.37. The minimum absolute atomic E-state index is 0.212. The molecule has 1 aliphatic rings. The maximum atomic E-state index is 5.40. The molecule has 0 saturated heterocycles. The zero-order chi connectivity index (χ0) is 20.0. The van der Waals surface area contributed by atoms with Gasteiger partial charge in [0.2, 0.25) is 0 Å². The molecule has 0 unspecified atom stereocenters. The van der Waals surface area contributed by atoms with Crippen LogP contribution in [-0.4, -0.2) is 5.16 Å². The highest BCUT2D eigenvalue weighted by atomic mass is 16.5. The molecule has 2 nitrogen and oxygen atoms in total. The van der Waals surface area contributed by atoms with E-state index in [2.05, 4.69) is 78.8 Å². The van der Waals surface area contributed by atoms with Crippen LogP contribution in [-0.2, 0) is 10.8 Å². The van der Waals surface area contributed by atoms with Crippen molar-refractivity contribution in [3.05, 3.63) is 52.4 Å². The average Bonchev–Trinajstić information content (AvgIpc) is 3.09. The van der Waals surface area contributed by atoms with E-state index < -0.39 is 0 Å². The van der Waals surface area contributed by atoms with Gasteiger partial charge in [-0.15, -0.1) is 0 Å². The Kier molecular flexibility index (Phi) is 5.14. The molecule has 0 N–H and O–H groups in total. The number of nitrogens with zero attached hydrogens (tertiary/aromatic N) is 1. The van der Waals surface area contributed by atoms with Crippen LogP contribution < -0.4 is 0 Å². The van der Waals surface area contributed by atoms with E-state index in [9.17, 15) is 0 Å². The van der Waals surface area contributed by atoms with E-state index in [0.717, 1.165) is 5.76 Å². The van der Waals surface area contributed by atoms with E-state index in [0.29, 0.717) is 11.8 Å². The van der Waals surface area contributed by atoms with Gasteiger partial charge < -0.3 is 4.52 Å². The van der Waals surface area contributed by atoms with Gasteiger partial charge in [0.15, 0.2) is 5.76 Å². The maximum Gasteiger partial charge on any atom is 0.159 e. The summed E-state index contributed by atoms with van der Waals surface area (Å²) < 4.78 is 5.40. The molecule has 0 spiro atoms. The second-order valence-corrected chi connectivity index (χ2v) is 10.1. The largest absolute Gasteiger partial charge is 0.357 e. The molecule has 1 aliphatic carbocycles. The molecule has 3 rings (SSSR count). The molecule has 2 heteroatoms. The standard InChI is InChI=1S/C25H35NO/c1-16(2)19(13-18-9-12-26-27-18)21-15-23-22(14-20(21)17(3)4)24(5,6)10-11-25(23,7)8/h9,12-17H,10-11H2,1-8H3/b19-13+. The van der Waals surface area contributed by atoms with Gasteiger partial charge in [0.05, 0.1) is 6.20 Å². The van der Waals surface area contributed by atoms with Gasteiger partial charge >= 0.3 is 0 Å². The van der Waals surface area contributed by atoms with Crippen LogP contribution in [0.4, 0.5) is 0 Å². The highest BCUT2D eigenvalue weighted by Gasteiger charge is 2.38. The van der Waals surface area contributed by atoms with Crippen LogP contribution in [0.5, 0.6) is 0 Å². The summed E-state index contributed by atoms with van der Waals surface area (Å²) in [5.41, 5.74) is 7.65. The van der Waals surface area contributed by atoms with E-state index in [1.807, 2.05) is 6.07 Å². The van der Waals surface area contributed by atoms with Gasteiger partial charge in [-0.2, -0.15) is 0 Å². The molecule has 146 valence electrons. The second-order valence-electron chi connectivity index (χ2n) is 10.1. The van der Waals surface area contributed by atoms with Crippen molar-refractivity contribution in [3.63, 3.8) is 0 Å². The van der Waals surface area contributed by atoms with Crippen LogP contribution in [0.1, 0.15) is 102 Å². The van der Waals surface area contributed by atoms with Crippen LogP contribution in [0.3, 0.4) is 0 Å². The molecule has 1 aromatic carbocycles. The first-order valence-corrected chi connectivity index (χ1v) is 10.3. The Balaban J connectivity index is 2.29. The van der Waals surface area contributed by atoms with Crippen molar-refractivity contribution >= 4 is 11.6 Å². The Hall–Kier alpha value is -1.83. The SMILES string of the molecule is CC(C)/C(=C\c1ccno1)c1cc2c(cc1C(C)C)C(C)(C)CCC2(C)C. The Morgan fingerprint density at radius 3 is 2.07 bits per heavy atom. The summed E-state index contributed by atoms with van der Waals surface area (Å²) in [6.07, 6.45) is 6.36. The summed E-state index contributed by atoms with van der Waals surface area (Å²) in [6, 6.07) is 6.93. The fraction of sp³-hybridized carbons (Fsp3) is 0.560. The van der Waals surface area contributed by atoms with Gasteiger partial charge in [0, 0.05) is 6.07 Å². The summed E-state index contributed by atoms with van der Waals surface area (Å²) in [7, 11) is 0. The number of hydrogen-bond donors (Lipinski definition) is 0. The summed E-state index contributed by atoms with van der Waals surface area (Å²) in [6.45, 7) is 18.7. The Morgan fingerprint density at radius 2 is 1.59 bits per heavy atom. The third-order valence-electron chi connectivity index (χ3n) is 6.33. The predicted molar refractivity (Wildman–Crippen MR) is 115 cm³/mol. The van der Waals surface area contributed by atoms with Gasteiger partial charge in [-0.25, -0.2) is 0 Å². The number of allylic oxidation sites excluding steroid dienone is 1. The molecule has 0 atom stereocenters. The number of benzene rings is 1. The van der Waals surface area contributed by atoms with Crippen LogP contribution in [0, 0.1) is 5.92 Å². The van der Waals surface area contributed by atoms with Gasteiger partial charge in [-0.1, -0.05) is 72.7 Å². The molecule has 0 fully saturated rings. The lowest BCUT2D eigenvalue weighted by Gasteiger charge is -2.43. The van der Waals surface area contributed by atoms with Crippen LogP contribution in [0.2, 0.25) is 0 Å². The van der Waals surface area contributed by atoms with Crippen molar-refractivity contribution in [3.8, 4) is 0 Å². The monoisotopic (exact) mass is 365 g/mol. The van der Waals surface area contributed by atoms with Crippen molar-refractivity contribution in [2.75, 3.05) is 0 Å². The van der Waals surface area contributed by atoms with E-state index in [1.54, 1.807) is 6.20 Å². The summed E-state index contributed by atoms with van der Waals surface area (Å²) in [5, 5.41) is 3.88. The fourth-order valence-electron chi connectivity index (χ4n) is 4.37. The highest BCUT2D eigenvalue weighted by Crippen LogP contribution is 2.48. The molecular formula is C25H35NO. The van der Waals surface area contributed by atoms with Gasteiger partial charge in [0.25, 0.3) is 0 Å². The first kappa shape index (κ1) is 19.9. The molecule has 27 heavy (non-hydrogen) atoms. The minimum Gasteiger partial charge on any atom is -0.357 e. The Bertz CT molecular complexity index is 835. The Labute approximate surface area is 165 Å². The van der Waals surface area contributed by atoms with Gasteiger partial charge in [-0.05, 0) is 69.4 Å². The summed E-state index contributed by atoms with van der Waals surface area (Å²) >= 11 is 0. The van der Waals surface area contributed by atoms with Crippen molar-refractivity contribution < 1.29 is 4.52 Å². The quantitative estimate of drug-likeness (QED) is 0.566. The van der Waals surface area contributed by atoms with Crippen molar-refractivity contribution in [1.29, 1.82) is 0 Å². The minimum atomic E-state index is 0.212. The molecule has 0 aliphatic heterocycles. The van der Waals surface area contributed by atoms with Gasteiger partial charge in [-0.3, -0.25) is 0 Å². The molecule has 0 radical (unpaired) electrons. The zero-order valence-electron chi connectivity index (χ0n) is 18.3. The molecule has 0 amide bonds. The lowest BCUT2D eigenvalue weighted by molar-refractivity contribution is 0.331. The van der Waals surface area contributed by atoms with E-state index in [1.165, 1.54) is 40.7 Å². The van der Waals surface area contributed by atoms with Crippen molar-refractivity contribution in [2.45, 2.75) is 85.0 Å². The number of aromatic nitrogens is 1. The number of rotatable bonds is 4. The molecule has 0 saturated carbocycles. The molecular weight excluding hydrogens is 330 g/mol. The summed E-state index contributed by atoms with van der Waals surface area (Å²) in [4.78, 5) is 0. The summed E-state index contributed by atoms with van der Waals surface area (Å²) in [5.74, 6) is 1.71. The van der Waals surface area contributed by atoms with Gasteiger partial charge in [0.1, 0.15) is 0 Å². The third-order valence-corrected chi connectivity index (χ3v) is 6.33. The zero-order valence-corrected chi connectivity index (χ0v) is 18.3. The lowest BCUT2D eigenvalue weighted by atomic mass is 9.62. The van der Waals surface area contributed by atoms with Crippen molar-refractivity contribution in [1.82, 2.24) is 5.16 Å². The van der Waals surface area contributed by atoms with Crippen LogP contribution in [0.25, 0.3) is 11.6 Å². The van der Waals surface area contributed by atoms with Crippen LogP contribution in [0.15, 0.2) is 28.9 Å². The molecule has 1 aromatic heterocycles. The average molecular weight is 366 g/mol. The topological polar surface area (TPSA) is 26.0 Å². The number of hydrogen-bond acceptors (Lipinski definition) is 2. The van der Waals surface area contributed by atoms with Crippen LogP contribution >= 0.6 is 0 Å². The smallest absolute Gasteiger partial charge is 0.159 e. The predicted octanol–water partition coefficient (Wildman–Crippen LogP) is 7.34. The first-order valence-electron chi connectivity index (χ1n) is 10.3. The second kappa shape index (κ2) is 6.96. The van der Waals surface area contributed by atoms with E-state index in [4.69, 9.17) is 4.52 Å². The lowest BCUT2D eigenvalue weighted by Crippen LogP contribution is -2.34. The molecule has 2 aromatic rings. The molecule has 0 bridgehead atoms. The normalized spacial score (nSPS) is 18.8. The van der Waals surface area contributed by atoms with E-state index >= 15 is 0 Å². The van der Waals surface area contributed by atoms with E-state index in [-0.39, 0.29) is 10.8 Å². The first-order chi connectivity index (χ1) is 12.5. The maximum absolute atomic E-state index is 5.40.